The number of anilines is 1. The first-order valence-corrected chi connectivity index (χ1v) is 6.90. The molecule has 6 nitrogen and oxygen atoms in total. The van der Waals surface area contributed by atoms with Gasteiger partial charge in [-0.1, -0.05) is 38.1 Å². The largest absolute Gasteiger partial charge is 0.369 e. The maximum atomic E-state index is 11.7. The van der Waals surface area contributed by atoms with E-state index >= 15 is 0 Å². The normalized spacial score (nSPS) is 10.2. The molecule has 0 aliphatic carbocycles. The van der Waals surface area contributed by atoms with Gasteiger partial charge < -0.3 is 10.3 Å². The van der Waals surface area contributed by atoms with Gasteiger partial charge in [-0.2, -0.15) is 4.98 Å². The number of imidazole rings is 1. The first kappa shape index (κ1) is 14.8. The third kappa shape index (κ3) is 2.94. The molecular formula is C15H19N5O. The van der Waals surface area contributed by atoms with Crippen LogP contribution in [-0.4, -0.2) is 19.5 Å². The van der Waals surface area contributed by atoms with Gasteiger partial charge in [-0.3, -0.25) is 9.78 Å². The maximum Gasteiger partial charge on any atom is 0.280 e. The number of H-pyrrole nitrogens is 1. The number of rotatable bonds is 2. The third-order valence-corrected chi connectivity index (χ3v) is 3.10. The lowest BCUT2D eigenvalue weighted by Crippen LogP contribution is -2.12. The van der Waals surface area contributed by atoms with E-state index in [-0.39, 0.29) is 11.5 Å². The molecule has 110 valence electrons. The summed E-state index contributed by atoms with van der Waals surface area (Å²) in [5.41, 5.74) is 8.40. The highest BCUT2D eigenvalue weighted by Gasteiger charge is 2.09. The van der Waals surface area contributed by atoms with Crippen LogP contribution in [0.25, 0.3) is 11.2 Å². The van der Waals surface area contributed by atoms with Crippen LogP contribution in [0.3, 0.4) is 0 Å². The number of hydrogen-bond donors (Lipinski definition) is 2. The Morgan fingerprint density at radius 3 is 2.71 bits per heavy atom. The molecule has 3 rings (SSSR count). The van der Waals surface area contributed by atoms with Crippen LogP contribution in [0, 0.1) is 6.92 Å². The second-order valence-corrected chi connectivity index (χ2v) is 4.42. The molecule has 0 saturated carbocycles. The van der Waals surface area contributed by atoms with Gasteiger partial charge in [0.2, 0.25) is 5.95 Å². The number of hydrogen-bond acceptors (Lipinski definition) is 4. The Balaban J connectivity index is 0.000000774. The molecule has 0 radical (unpaired) electrons. The van der Waals surface area contributed by atoms with Crippen molar-refractivity contribution in [3.63, 3.8) is 0 Å². The van der Waals surface area contributed by atoms with Crippen molar-refractivity contribution in [3.05, 3.63) is 52.1 Å². The molecule has 1 aromatic carbocycles. The second kappa shape index (κ2) is 6.21. The van der Waals surface area contributed by atoms with Crippen LogP contribution in [0.1, 0.15) is 25.0 Å². The number of aryl methyl sites for hydroxylation is 1. The first-order chi connectivity index (χ1) is 10.1. The average molecular weight is 285 g/mol. The Labute approximate surface area is 122 Å². The minimum atomic E-state index is -0.314. The van der Waals surface area contributed by atoms with Crippen molar-refractivity contribution in [1.82, 2.24) is 19.5 Å². The molecule has 2 aromatic heterocycles. The van der Waals surface area contributed by atoms with E-state index in [1.165, 1.54) is 5.56 Å². The highest BCUT2D eigenvalue weighted by molar-refractivity contribution is 5.70. The van der Waals surface area contributed by atoms with E-state index in [0.717, 1.165) is 5.56 Å². The van der Waals surface area contributed by atoms with Gasteiger partial charge in [0.05, 0.1) is 12.9 Å². The molecule has 0 bridgehead atoms. The minimum Gasteiger partial charge on any atom is -0.369 e. The summed E-state index contributed by atoms with van der Waals surface area (Å²) in [4.78, 5) is 22.3. The monoisotopic (exact) mass is 285 g/mol. The highest BCUT2D eigenvalue weighted by atomic mass is 16.1. The summed E-state index contributed by atoms with van der Waals surface area (Å²) < 4.78 is 1.82. The van der Waals surface area contributed by atoms with Crippen LogP contribution in [0.5, 0.6) is 0 Å². The summed E-state index contributed by atoms with van der Waals surface area (Å²) in [6, 6.07) is 8.06. The number of fused-ring (bicyclic) bond motifs is 1. The smallest absolute Gasteiger partial charge is 0.280 e. The number of nitrogens with two attached hydrogens (primary N) is 1. The fourth-order valence-corrected chi connectivity index (χ4v) is 2.06. The Hall–Kier alpha value is -2.63. The van der Waals surface area contributed by atoms with Crippen molar-refractivity contribution in [2.24, 2.45) is 0 Å². The predicted molar refractivity (Wildman–Crippen MR) is 84.2 cm³/mol. The van der Waals surface area contributed by atoms with E-state index in [1.54, 1.807) is 6.33 Å². The van der Waals surface area contributed by atoms with Crippen molar-refractivity contribution in [2.75, 3.05) is 5.73 Å². The molecule has 2 heterocycles. The Bertz CT molecular complexity index is 803. The molecular weight excluding hydrogens is 266 g/mol. The van der Waals surface area contributed by atoms with Gasteiger partial charge in [-0.05, 0) is 18.1 Å². The van der Waals surface area contributed by atoms with E-state index < -0.39 is 0 Å². The SMILES string of the molecule is CC.Cc1ccccc1Cn1cnc2c(=O)[nH]c(N)nc21. The van der Waals surface area contributed by atoms with Crippen LogP contribution < -0.4 is 11.3 Å². The van der Waals surface area contributed by atoms with Crippen LogP contribution in [0.15, 0.2) is 35.4 Å². The van der Waals surface area contributed by atoms with Gasteiger partial charge >= 0.3 is 0 Å². The maximum absolute atomic E-state index is 11.7. The van der Waals surface area contributed by atoms with Gasteiger partial charge in [-0.25, -0.2) is 4.98 Å². The zero-order chi connectivity index (χ0) is 15.4. The fourth-order valence-electron chi connectivity index (χ4n) is 2.06. The zero-order valence-electron chi connectivity index (χ0n) is 12.4. The summed E-state index contributed by atoms with van der Waals surface area (Å²) in [5, 5.41) is 0. The molecule has 3 aromatic rings. The summed E-state index contributed by atoms with van der Waals surface area (Å²) in [6.07, 6.45) is 1.61. The standard InChI is InChI=1S/C13H13N5O.C2H6/c1-8-4-2-3-5-9(8)6-18-7-15-10-11(18)16-13(14)17-12(10)19;1-2/h2-5,7H,6H2,1H3,(H3,14,16,17,19);1-2H3. The lowest BCUT2D eigenvalue weighted by molar-refractivity contribution is 0.808. The van der Waals surface area contributed by atoms with Crippen LogP contribution in [-0.2, 0) is 6.54 Å². The Morgan fingerprint density at radius 1 is 1.29 bits per heavy atom. The molecule has 0 aliphatic heterocycles. The average Bonchev–Trinajstić information content (AvgIpc) is 2.87. The molecule has 0 atom stereocenters. The van der Waals surface area contributed by atoms with Gasteiger partial charge in [0.1, 0.15) is 0 Å². The van der Waals surface area contributed by atoms with Gasteiger partial charge in [0.15, 0.2) is 11.2 Å². The molecule has 0 saturated heterocycles. The molecule has 6 heteroatoms. The number of nitrogen functional groups attached to an aromatic ring is 1. The third-order valence-electron chi connectivity index (χ3n) is 3.10. The lowest BCUT2D eigenvalue weighted by Gasteiger charge is -2.07. The van der Waals surface area contributed by atoms with E-state index in [9.17, 15) is 4.79 Å². The van der Waals surface area contributed by atoms with Crippen LogP contribution in [0.4, 0.5) is 5.95 Å². The number of benzene rings is 1. The summed E-state index contributed by atoms with van der Waals surface area (Å²) >= 11 is 0. The molecule has 0 aliphatic rings. The Kier molecular flexibility index (Phi) is 4.37. The topological polar surface area (TPSA) is 89.6 Å². The van der Waals surface area contributed by atoms with Crippen LogP contribution >= 0.6 is 0 Å². The Morgan fingerprint density at radius 2 is 2.00 bits per heavy atom. The number of nitrogens with zero attached hydrogens (tertiary/aromatic N) is 3. The van der Waals surface area contributed by atoms with Crippen LogP contribution in [0.2, 0.25) is 0 Å². The fraction of sp³-hybridized carbons (Fsp3) is 0.267. The van der Waals surface area contributed by atoms with Crippen molar-refractivity contribution >= 4 is 17.1 Å². The van der Waals surface area contributed by atoms with Crippen molar-refractivity contribution in [3.8, 4) is 0 Å². The quantitative estimate of drug-likeness (QED) is 0.754. The summed E-state index contributed by atoms with van der Waals surface area (Å²) in [7, 11) is 0. The van der Waals surface area contributed by atoms with Crippen molar-refractivity contribution < 1.29 is 0 Å². The molecule has 0 unspecified atom stereocenters. The molecule has 0 amide bonds. The number of aromatic amines is 1. The van der Waals surface area contributed by atoms with E-state index in [4.69, 9.17) is 5.73 Å². The van der Waals surface area contributed by atoms with Crippen molar-refractivity contribution in [2.45, 2.75) is 27.3 Å². The van der Waals surface area contributed by atoms with E-state index in [2.05, 4.69) is 15.0 Å². The number of nitrogens with one attached hydrogen (secondary N) is 1. The van der Waals surface area contributed by atoms with E-state index in [1.807, 2.05) is 49.6 Å². The van der Waals surface area contributed by atoms with Gasteiger partial charge in [-0.15, -0.1) is 0 Å². The predicted octanol–water partition coefficient (Wildman–Crippen LogP) is 2.08. The zero-order valence-corrected chi connectivity index (χ0v) is 12.4. The highest BCUT2D eigenvalue weighted by Crippen LogP contribution is 2.13. The minimum absolute atomic E-state index is 0.101. The van der Waals surface area contributed by atoms with Gasteiger partial charge in [0.25, 0.3) is 5.56 Å². The lowest BCUT2D eigenvalue weighted by atomic mass is 10.1. The first-order valence-electron chi connectivity index (χ1n) is 6.90. The second-order valence-electron chi connectivity index (χ2n) is 4.42. The summed E-state index contributed by atoms with van der Waals surface area (Å²) in [6.45, 7) is 6.65. The summed E-state index contributed by atoms with van der Waals surface area (Å²) in [5.74, 6) is 0.101. The molecule has 21 heavy (non-hydrogen) atoms. The molecule has 0 spiro atoms. The van der Waals surface area contributed by atoms with Crippen molar-refractivity contribution in [1.29, 1.82) is 0 Å². The number of aromatic nitrogens is 4. The van der Waals surface area contributed by atoms with Gasteiger partial charge in [0, 0.05) is 0 Å². The van der Waals surface area contributed by atoms with E-state index in [0.29, 0.717) is 17.7 Å². The molecule has 0 fully saturated rings. The molecule has 3 N–H and O–H groups in total.